The maximum absolute atomic E-state index is 2.35. The highest BCUT2D eigenvalue weighted by molar-refractivity contribution is 5.83. The van der Waals surface area contributed by atoms with Crippen LogP contribution in [0.2, 0.25) is 0 Å². The van der Waals surface area contributed by atoms with Gasteiger partial charge < -0.3 is 0 Å². The van der Waals surface area contributed by atoms with Crippen molar-refractivity contribution in [3.05, 3.63) is 95.1 Å². The molecule has 0 heteroatoms. The zero-order valence-electron chi connectivity index (χ0n) is 12.5. The van der Waals surface area contributed by atoms with Crippen LogP contribution < -0.4 is 0 Å². The minimum atomic E-state index is 0.0715. The minimum absolute atomic E-state index is 0.0715. The van der Waals surface area contributed by atoms with Crippen molar-refractivity contribution in [3.8, 4) is 11.1 Å². The standard InChI is InChI=1S/C22H18/c1-4-12-19-16(8-1)9-7-15-22(19)20-13-5-2-10-17(20)18-11-3-6-14-21(18)22/h1-6,8,10-14H,7,9,15H2. The van der Waals surface area contributed by atoms with Gasteiger partial charge in [-0.2, -0.15) is 0 Å². The number of aryl methyl sites for hydroxylation is 1. The molecule has 22 heavy (non-hydrogen) atoms. The molecule has 0 N–H and O–H groups in total. The van der Waals surface area contributed by atoms with Gasteiger partial charge in [0.2, 0.25) is 0 Å². The van der Waals surface area contributed by atoms with Crippen molar-refractivity contribution in [2.24, 2.45) is 0 Å². The van der Waals surface area contributed by atoms with Gasteiger partial charge in [-0.05, 0) is 52.6 Å². The summed E-state index contributed by atoms with van der Waals surface area (Å²) in [4.78, 5) is 0. The molecular formula is C22H18. The zero-order valence-corrected chi connectivity index (χ0v) is 12.5. The summed E-state index contributed by atoms with van der Waals surface area (Å²) in [5, 5.41) is 0. The van der Waals surface area contributed by atoms with Crippen molar-refractivity contribution in [1.82, 2.24) is 0 Å². The predicted octanol–water partition coefficient (Wildman–Crippen LogP) is 5.34. The molecule has 2 aliphatic rings. The molecule has 0 radical (unpaired) electrons. The SMILES string of the molecule is c1ccc2c(c1)CCCC21c2ccccc2-c2ccccc21. The molecule has 0 amide bonds. The number of hydrogen-bond acceptors (Lipinski definition) is 0. The lowest BCUT2D eigenvalue weighted by Gasteiger charge is -2.38. The Labute approximate surface area is 131 Å². The van der Waals surface area contributed by atoms with E-state index < -0.39 is 0 Å². The minimum Gasteiger partial charge on any atom is -0.0620 e. The first-order valence-corrected chi connectivity index (χ1v) is 8.19. The maximum atomic E-state index is 2.35. The van der Waals surface area contributed by atoms with E-state index in [4.69, 9.17) is 0 Å². The van der Waals surface area contributed by atoms with Gasteiger partial charge in [0, 0.05) is 5.41 Å². The molecule has 0 saturated heterocycles. The van der Waals surface area contributed by atoms with Crippen molar-refractivity contribution in [3.63, 3.8) is 0 Å². The highest BCUT2D eigenvalue weighted by Gasteiger charge is 2.46. The van der Waals surface area contributed by atoms with Gasteiger partial charge in [0.05, 0.1) is 0 Å². The van der Waals surface area contributed by atoms with Crippen LogP contribution in [0.4, 0.5) is 0 Å². The Kier molecular flexibility index (Phi) is 2.41. The fourth-order valence-corrected chi connectivity index (χ4v) is 4.72. The van der Waals surface area contributed by atoms with Gasteiger partial charge in [-0.15, -0.1) is 0 Å². The highest BCUT2D eigenvalue weighted by atomic mass is 14.5. The lowest BCUT2D eigenvalue weighted by Crippen LogP contribution is -2.31. The molecule has 0 aromatic heterocycles. The third-order valence-corrected chi connectivity index (χ3v) is 5.54. The normalized spacial score (nSPS) is 16.9. The number of rotatable bonds is 0. The van der Waals surface area contributed by atoms with Crippen LogP contribution in [-0.2, 0) is 11.8 Å². The summed E-state index contributed by atoms with van der Waals surface area (Å²) in [6, 6.07) is 27.1. The van der Waals surface area contributed by atoms with Gasteiger partial charge in [0.25, 0.3) is 0 Å². The van der Waals surface area contributed by atoms with E-state index >= 15 is 0 Å². The molecule has 2 aliphatic carbocycles. The lowest BCUT2D eigenvalue weighted by molar-refractivity contribution is 0.507. The second-order valence-electron chi connectivity index (χ2n) is 6.51. The topological polar surface area (TPSA) is 0 Å². The van der Waals surface area contributed by atoms with E-state index in [2.05, 4.69) is 72.8 Å². The van der Waals surface area contributed by atoms with Crippen molar-refractivity contribution >= 4 is 0 Å². The molecule has 1 spiro atoms. The first-order chi connectivity index (χ1) is 10.9. The summed E-state index contributed by atoms with van der Waals surface area (Å²) in [6.45, 7) is 0. The van der Waals surface area contributed by atoms with Gasteiger partial charge in [0.15, 0.2) is 0 Å². The predicted molar refractivity (Wildman–Crippen MR) is 91.1 cm³/mol. The fraction of sp³-hybridized carbons (Fsp3) is 0.182. The van der Waals surface area contributed by atoms with Crippen LogP contribution in [0.25, 0.3) is 11.1 Å². The smallest absolute Gasteiger partial charge is 0.0466 e. The Hall–Kier alpha value is -2.34. The molecule has 0 fully saturated rings. The molecule has 3 aromatic rings. The van der Waals surface area contributed by atoms with E-state index in [1.165, 1.54) is 52.6 Å². The van der Waals surface area contributed by atoms with Crippen molar-refractivity contribution in [1.29, 1.82) is 0 Å². The van der Waals surface area contributed by atoms with Gasteiger partial charge in [-0.25, -0.2) is 0 Å². The van der Waals surface area contributed by atoms with Crippen LogP contribution in [0.1, 0.15) is 35.1 Å². The van der Waals surface area contributed by atoms with E-state index in [0.717, 1.165) is 0 Å². The van der Waals surface area contributed by atoms with Gasteiger partial charge in [-0.1, -0.05) is 72.8 Å². The van der Waals surface area contributed by atoms with E-state index in [0.29, 0.717) is 0 Å². The summed E-state index contributed by atoms with van der Waals surface area (Å²) in [6.07, 6.45) is 3.69. The van der Waals surface area contributed by atoms with Gasteiger partial charge in [0.1, 0.15) is 0 Å². The van der Waals surface area contributed by atoms with E-state index in [-0.39, 0.29) is 5.41 Å². The second kappa shape index (κ2) is 4.33. The monoisotopic (exact) mass is 282 g/mol. The fourth-order valence-electron chi connectivity index (χ4n) is 4.72. The molecule has 0 nitrogen and oxygen atoms in total. The third-order valence-electron chi connectivity index (χ3n) is 5.54. The Morgan fingerprint density at radius 3 is 1.82 bits per heavy atom. The Bertz CT molecular complexity index is 827. The van der Waals surface area contributed by atoms with Crippen molar-refractivity contribution in [2.75, 3.05) is 0 Å². The van der Waals surface area contributed by atoms with Crippen molar-refractivity contribution in [2.45, 2.75) is 24.7 Å². The molecule has 0 aliphatic heterocycles. The highest BCUT2D eigenvalue weighted by Crippen LogP contribution is 2.56. The molecule has 0 bridgehead atoms. The largest absolute Gasteiger partial charge is 0.0620 e. The van der Waals surface area contributed by atoms with E-state index in [9.17, 15) is 0 Å². The average Bonchev–Trinajstić information content (AvgIpc) is 2.87. The average molecular weight is 282 g/mol. The first-order valence-electron chi connectivity index (χ1n) is 8.19. The van der Waals surface area contributed by atoms with E-state index in [1.54, 1.807) is 0 Å². The molecule has 106 valence electrons. The number of benzene rings is 3. The Morgan fingerprint density at radius 2 is 1.14 bits per heavy atom. The molecular weight excluding hydrogens is 264 g/mol. The van der Waals surface area contributed by atoms with E-state index in [1.807, 2.05) is 0 Å². The van der Waals surface area contributed by atoms with Crippen LogP contribution in [0.15, 0.2) is 72.8 Å². The third kappa shape index (κ3) is 1.38. The van der Waals surface area contributed by atoms with Crippen LogP contribution in [0.5, 0.6) is 0 Å². The summed E-state index contributed by atoms with van der Waals surface area (Å²) in [5.41, 5.74) is 8.98. The number of hydrogen-bond donors (Lipinski definition) is 0. The summed E-state index contributed by atoms with van der Waals surface area (Å²) < 4.78 is 0. The molecule has 0 atom stereocenters. The number of fused-ring (bicyclic) bond motifs is 7. The summed E-state index contributed by atoms with van der Waals surface area (Å²) >= 11 is 0. The molecule has 0 saturated carbocycles. The second-order valence-corrected chi connectivity index (χ2v) is 6.51. The molecule has 0 unspecified atom stereocenters. The van der Waals surface area contributed by atoms with Crippen LogP contribution in [-0.4, -0.2) is 0 Å². The first kappa shape index (κ1) is 12.2. The zero-order chi connectivity index (χ0) is 14.6. The van der Waals surface area contributed by atoms with Gasteiger partial charge in [-0.3, -0.25) is 0 Å². The Morgan fingerprint density at radius 1 is 0.591 bits per heavy atom. The van der Waals surface area contributed by atoms with Crippen molar-refractivity contribution < 1.29 is 0 Å². The summed E-state index contributed by atoms with van der Waals surface area (Å²) in [7, 11) is 0. The van der Waals surface area contributed by atoms with Crippen LogP contribution in [0.3, 0.4) is 0 Å². The quantitative estimate of drug-likeness (QED) is 0.522. The Balaban J connectivity index is 1.93. The van der Waals surface area contributed by atoms with Crippen LogP contribution in [0, 0.1) is 0 Å². The maximum Gasteiger partial charge on any atom is 0.0466 e. The molecule has 0 heterocycles. The lowest BCUT2D eigenvalue weighted by atomic mass is 9.64. The van der Waals surface area contributed by atoms with Gasteiger partial charge >= 0.3 is 0 Å². The molecule has 5 rings (SSSR count). The molecule has 3 aromatic carbocycles. The summed E-state index contributed by atoms with van der Waals surface area (Å²) in [5.74, 6) is 0. The van der Waals surface area contributed by atoms with Crippen LogP contribution >= 0.6 is 0 Å².